The van der Waals surface area contributed by atoms with Gasteiger partial charge in [0.15, 0.2) is 0 Å². The van der Waals surface area contributed by atoms with Crippen molar-refractivity contribution in [2.45, 2.75) is 80.1 Å². The van der Waals surface area contributed by atoms with Crippen molar-refractivity contribution in [3.05, 3.63) is 34.9 Å². The fourth-order valence-electron chi connectivity index (χ4n) is 2.29. The molecule has 1 rings (SSSR count). The van der Waals surface area contributed by atoms with Crippen molar-refractivity contribution in [1.29, 1.82) is 0 Å². The van der Waals surface area contributed by atoms with Gasteiger partial charge in [-0.15, -0.1) is 0 Å². The molecule has 0 aliphatic carbocycles. The number of hydrogen-bond donors (Lipinski definition) is 1. The van der Waals surface area contributed by atoms with Gasteiger partial charge in [-0.2, -0.15) is 0 Å². The second kappa shape index (κ2) is 8.42. The average Bonchev–Trinajstić information content (AvgIpc) is 2.42. The maximum Gasteiger partial charge on any atom is 0.338 e. The normalized spacial score (nSPS) is 12.6. The lowest BCUT2D eigenvalue weighted by Gasteiger charge is -2.22. The minimum absolute atomic E-state index is 0.136. The molecule has 1 aromatic rings. The zero-order valence-corrected chi connectivity index (χ0v) is 18.3. The summed E-state index contributed by atoms with van der Waals surface area (Å²) in [6.45, 7) is 18.7. The molecular formula is C22H35NO4. The SMILES string of the molecule is CC(C)(C)CNCc1cc(C(=O)OC(C)(C)C)cc(C(=O)OC(C)(C)C)c1. The van der Waals surface area contributed by atoms with Crippen molar-refractivity contribution in [3.63, 3.8) is 0 Å². The maximum atomic E-state index is 12.5. The Morgan fingerprint density at radius 1 is 0.778 bits per heavy atom. The zero-order valence-electron chi connectivity index (χ0n) is 18.3. The van der Waals surface area contributed by atoms with Crippen molar-refractivity contribution in [3.8, 4) is 0 Å². The summed E-state index contributed by atoms with van der Waals surface area (Å²) in [7, 11) is 0. The lowest BCUT2D eigenvalue weighted by atomic mass is 9.97. The molecule has 0 spiro atoms. The Morgan fingerprint density at radius 3 is 1.52 bits per heavy atom. The summed E-state index contributed by atoms with van der Waals surface area (Å²) in [5, 5.41) is 3.37. The Hall–Kier alpha value is -1.88. The lowest BCUT2D eigenvalue weighted by Crippen LogP contribution is -2.27. The molecule has 0 atom stereocenters. The highest BCUT2D eigenvalue weighted by Gasteiger charge is 2.23. The van der Waals surface area contributed by atoms with Gasteiger partial charge in [0.2, 0.25) is 0 Å². The van der Waals surface area contributed by atoms with E-state index in [9.17, 15) is 9.59 Å². The van der Waals surface area contributed by atoms with Gasteiger partial charge in [0, 0.05) is 13.1 Å². The molecule has 0 fully saturated rings. The van der Waals surface area contributed by atoms with Crippen LogP contribution in [0.2, 0.25) is 0 Å². The van der Waals surface area contributed by atoms with Gasteiger partial charge in [0.1, 0.15) is 11.2 Å². The van der Waals surface area contributed by atoms with Gasteiger partial charge in [0.25, 0.3) is 0 Å². The zero-order chi connectivity index (χ0) is 21.0. The van der Waals surface area contributed by atoms with Crippen LogP contribution < -0.4 is 5.32 Å². The third-order valence-electron chi connectivity index (χ3n) is 3.25. The van der Waals surface area contributed by atoms with E-state index in [1.54, 1.807) is 12.1 Å². The van der Waals surface area contributed by atoms with E-state index in [2.05, 4.69) is 26.1 Å². The first kappa shape index (κ1) is 23.2. The Balaban J connectivity index is 3.14. The van der Waals surface area contributed by atoms with Crippen LogP contribution in [-0.4, -0.2) is 29.7 Å². The molecule has 0 aliphatic rings. The molecule has 0 unspecified atom stereocenters. The smallest absolute Gasteiger partial charge is 0.338 e. The second-order valence-corrected chi connectivity index (χ2v) is 10.1. The van der Waals surface area contributed by atoms with Gasteiger partial charge < -0.3 is 14.8 Å². The van der Waals surface area contributed by atoms with E-state index in [1.165, 1.54) is 6.07 Å². The summed E-state index contributed by atoms with van der Waals surface area (Å²) in [5.74, 6) is -0.907. The van der Waals surface area contributed by atoms with E-state index in [0.29, 0.717) is 17.7 Å². The molecule has 0 heterocycles. The van der Waals surface area contributed by atoms with Crippen LogP contribution in [0.15, 0.2) is 18.2 Å². The first-order chi connectivity index (χ1) is 12.1. The summed E-state index contributed by atoms with van der Waals surface area (Å²) >= 11 is 0. The van der Waals surface area contributed by atoms with Gasteiger partial charge in [-0.05, 0) is 70.7 Å². The maximum absolute atomic E-state index is 12.5. The van der Waals surface area contributed by atoms with E-state index in [1.807, 2.05) is 41.5 Å². The minimum atomic E-state index is -0.607. The molecule has 0 bridgehead atoms. The summed E-state index contributed by atoms with van der Waals surface area (Å²) in [4.78, 5) is 25.0. The van der Waals surface area contributed by atoms with Gasteiger partial charge in [0.05, 0.1) is 11.1 Å². The van der Waals surface area contributed by atoms with E-state index < -0.39 is 23.1 Å². The summed E-state index contributed by atoms with van der Waals surface area (Å²) in [6, 6.07) is 5.06. The largest absolute Gasteiger partial charge is 0.456 e. The van der Waals surface area contributed by atoms with Crippen LogP contribution in [0.5, 0.6) is 0 Å². The number of carbonyl (C=O) groups is 2. The molecule has 27 heavy (non-hydrogen) atoms. The van der Waals surface area contributed by atoms with Gasteiger partial charge >= 0.3 is 11.9 Å². The third kappa shape index (κ3) is 9.57. The molecule has 5 nitrogen and oxygen atoms in total. The van der Waals surface area contributed by atoms with E-state index in [4.69, 9.17) is 9.47 Å². The van der Waals surface area contributed by atoms with Gasteiger partial charge in [-0.1, -0.05) is 20.8 Å². The minimum Gasteiger partial charge on any atom is -0.456 e. The van der Waals surface area contributed by atoms with Crippen molar-refractivity contribution in [1.82, 2.24) is 5.32 Å². The summed E-state index contributed by atoms with van der Waals surface area (Å²) < 4.78 is 10.9. The predicted octanol–water partition coefficient (Wildman–Crippen LogP) is 4.73. The first-order valence-electron chi connectivity index (χ1n) is 9.37. The number of hydrogen-bond acceptors (Lipinski definition) is 5. The van der Waals surface area contributed by atoms with E-state index >= 15 is 0 Å². The van der Waals surface area contributed by atoms with Crippen LogP contribution in [0.1, 0.15) is 88.6 Å². The number of nitrogens with one attached hydrogen (secondary N) is 1. The highest BCUT2D eigenvalue weighted by molar-refractivity contribution is 5.96. The topological polar surface area (TPSA) is 64.6 Å². The van der Waals surface area contributed by atoms with Gasteiger partial charge in [-0.25, -0.2) is 9.59 Å². The molecule has 152 valence electrons. The highest BCUT2D eigenvalue weighted by Crippen LogP contribution is 2.19. The molecule has 0 amide bonds. The Kier molecular flexibility index (Phi) is 7.23. The molecule has 1 aromatic carbocycles. The number of rotatable bonds is 5. The van der Waals surface area contributed by atoms with Crippen LogP contribution in [-0.2, 0) is 16.0 Å². The average molecular weight is 378 g/mol. The van der Waals surface area contributed by atoms with Crippen LogP contribution in [0.25, 0.3) is 0 Å². The van der Waals surface area contributed by atoms with Crippen molar-refractivity contribution in [2.24, 2.45) is 5.41 Å². The standard InChI is InChI=1S/C22H35NO4/c1-20(2,3)14-23-13-15-10-16(18(24)26-21(4,5)6)12-17(11-15)19(25)27-22(7,8)9/h10-12,23H,13-14H2,1-9H3. The monoisotopic (exact) mass is 377 g/mol. The fourth-order valence-corrected chi connectivity index (χ4v) is 2.29. The summed E-state index contributed by atoms with van der Waals surface area (Å²) in [5.41, 5.74) is 0.453. The Bertz CT molecular complexity index is 627. The highest BCUT2D eigenvalue weighted by atomic mass is 16.6. The number of benzene rings is 1. The lowest BCUT2D eigenvalue weighted by molar-refractivity contribution is 0.00676. The van der Waals surface area contributed by atoms with Crippen LogP contribution in [0.4, 0.5) is 0 Å². The third-order valence-corrected chi connectivity index (χ3v) is 3.25. The van der Waals surface area contributed by atoms with Crippen molar-refractivity contribution >= 4 is 11.9 Å². The first-order valence-corrected chi connectivity index (χ1v) is 9.37. The molecule has 1 N–H and O–H groups in total. The molecule has 0 aliphatic heterocycles. The number of carbonyl (C=O) groups excluding carboxylic acids is 2. The van der Waals surface area contributed by atoms with Crippen LogP contribution in [0.3, 0.4) is 0 Å². The quantitative estimate of drug-likeness (QED) is 0.751. The molecular weight excluding hydrogens is 342 g/mol. The van der Waals surface area contributed by atoms with E-state index in [-0.39, 0.29) is 5.41 Å². The van der Waals surface area contributed by atoms with Crippen molar-refractivity contribution in [2.75, 3.05) is 6.54 Å². The molecule has 0 aromatic heterocycles. The number of ether oxygens (including phenoxy) is 2. The number of esters is 2. The second-order valence-electron chi connectivity index (χ2n) is 10.1. The molecule has 5 heteroatoms. The fraction of sp³-hybridized carbons (Fsp3) is 0.636. The van der Waals surface area contributed by atoms with Crippen LogP contribution in [0, 0.1) is 5.41 Å². The molecule has 0 radical (unpaired) electrons. The van der Waals surface area contributed by atoms with Gasteiger partial charge in [-0.3, -0.25) is 0 Å². The Labute approximate surface area is 163 Å². The van der Waals surface area contributed by atoms with Crippen molar-refractivity contribution < 1.29 is 19.1 Å². The van der Waals surface area contributed by atoms with Crippen LogP contribution >= 0.6 is 0 Å². The Morgan fingerprint density at radius 2 is 1.19 bits per heavy atom. The summed E-state index contributed by atoms with van der Waals surface area (Å²) in [6.07, 6.45) is 0. The van der Waals surface area contributed by atoms with E-state index in [0.717, 1.165) is 12.1 Å². The molecule has 0 saturated carbocycles. The molecule has 0 saturated heterocycles. The predicted molar refractivity (Wildman–Crippen MR) is 108 cm³/mol.